The third kappa shape index (κ3) is 4.27. The van der Waals surface area contributed by atoms with Crippen molar-refractivity contribution in [2.75, 3.05) is 13.1 Å². The summed E-state index contributed by atoms with van der Waals surface area (Å²) in [5, 5.41) is 3.83. The molecule has 1 aromatic heterocycles. The zero-order chi connectivity index (χ0) is 21.1. The van der Waals surface area contributed by atoms with Crippen molar-refractivity contribution >= 4 is 26.8 Å². The van der Waals surface area contributed by atoms with Crippen molar-refractivity contribution in [1.82, 2.24) is 14.2 Å². The molecule has 0 spiro atoms. The van der Waals surface area contributed by atoms with Gasteiger partial charge < -0.3 is 9.88 Å². The predicted octanol–water partition coefficient (Wildman–Crippen LogP) is 3.69. The lowest BCUT2D eigenvalue weighted by atomic mass is 10.1. The zero-order valence-electron chi connectivity index (χ0n) is 17.1. The molecule has 1 N–H and O–H groups in total. The van der Waals surface area contributed by atoms with Crippen LogP contribution in [0.25, 0.3) is 10.9 Å². The molecule has 0 radical (unpaired) electrons. The van der Waals surface area contributed by atoms with E-state index < -0.39 is 10.0 Å². The number of hydrogen-bond donors (Lipinski definition) is 1. The summed E-state index contributed by atoms with van der Waals surface area (Å²) in [5.41, 5.74) is 1.89. The molecule has 1 amide bonds. The fraction of sp³-hybridized carbons (Fsp3) is 0.348. The Bertz CT molecular complexity index is 1130. The first-order chi connectivity index (χ1) is 14.4. The minimum absolute atomic E-state index is 0.0817. The highest BCUT2D eigenvalue weighted by Gasteiger charge is 2.26. The van der Waals surface area contributed by atoms with Crippen molar-refractivity contribution in [3.8, 4) is 0 Å². The normalized spacial score (nSPS) is 16.4. The van der Waals surface area contributed by atoms with Gasteiger partial charge >= 0.3 is 0 Å². The van der Waals surface area contributed by atoms with E-state index in [0.29, 0.717) is 18.0 Å². The average molecular weight is 426 g/mol. The number of nitrogens with zero attached hydrogens (tertiary/aromatic N) is 2. The SMILES string of the molecule is CC(NC(=O)Cn1ccc2cc(S(=O)(=O)N3CCCCC3)ccc21)c1ccccc1. The van der Waals surface area contributed by atoms with Gasteiger partial charge in [-0.25, -0.2) is 8.42 Å². The standard InChI is InChI=1S/C23H27N3O3S/c1-18(19-8-4-2-5-9-19)24-23(27)17-25-15-12-20-16-21(10-11-22(20)25)30(28,29)26-13-6-3-7-14-26/h2,4-5,8-12,15-16,18H,3,6-7,13-14,17H2,1H3,(H,24,27). The molecule has 1 fully saturated rings. The van der Waals surface area contributed by atoms with Gasteiger partial charge in [0.05, 0.1) is 10.9 Å². The monoisotopic (exact) mass is 425 g/mol. The van der Waals surface area contributed by atoms with Crippen LogP contribution in [0.2, 0.25) is 0 Å². The number of carbonyl (C=O) groups excluding carboxylic acids is 1. The maximum absolute atomic E-state index is 12.9. The maximum Gasteiger partial charge on any atom is 0.243 e. The summed E-state index contributed by atoms with van der Waals surface area (Å²) in [6.07, 6.45) is 4.73. The Morgan fingerprint density at radius 2 is 1.77 bits per heavy atom. The van der Waals surface area contributed by atoms with Crippen LogP contribution in [0.5, 0.6) is 0 Å². The molecule has 4 rings (SSSR count). The highest BCUT2D eigenvalue weighted by Crippen LogP contribution is 2.25. The van der Waals surface area contributed by atoms with E-state index in [2.05, 4.69) is 5.32 Å². The molecule has 1 aliphatic heterocycles. The summed E-state index contributed by atoms with van der Waals surface area (Å²) in [4.78, 5) is 12.9. The molecule has 1 saturated heterocycles. The number of nitrogens with one attached hydrogen (secondary N) is 1. The van der Waals surface area contributed by atoms with Gasteiger partial charge in [0.15, 0.2) is 0 Å². The number of benzene rings is 2. The Morgan fingerprint density at radius 1 is 1.03 bits per heavy atom. The lowest BCUT2D eigenvalue weighted by molar-refractivity contribution is -0.122. The third-order valence-corrected chi connectivity index (χ3v) is 7.58. The average Bonchev–Trinajstić information content (AvgIpc) is 3.17. The maximum atomic E-state index is 12.9. The van der Waals surface area contributed by atoms with Crippen molar-refractivity contribution in [3.63, 3.8) is 0 Å². The first kappa shape index (κ1) is 20.6. The van der Waals surface area contributed by atoms with E-state index in [0.717, 1.165) is 35.7 Å². The summed E-state index contributed by atoms with van der Waals surface area (Å²) in [5.74, 6) is -0.0890. The van der Waals surface area contributed by atoms with Crippen molar-refractivity contribution in [3.05, 3.63) is 66.4 Å². The largest absolute Gasteiger partial charge is 0.348 e. The van der Waals surface area contributed by atoms with Gasteiger partial charge in [-0.3, -0.25) is 4.79 Å². The van der Waals surface area contributed by atoms with Crippen LogP contribution in [0.3, 0.4) is 0 Å². The van der Waals surface area contributed by atoms with Crippen LogP contribution in [0.15, 0.2) is 65.7 Å². The third-order valence-electron chi connectivity index (χ3n) is 5.69. The fourth-order valence-corrected chi connectivity index (χ4v) is 5.55. The Kier molecular flexibility index (Phi) is 5.92. The highest BCUT2D eigenvalue weighted by atomic mass is 32.2. The molecule has 2 aromatic carbocycles. The van der Waals surface area contributed by atoms with Gasteiger partial charge in [-0.2, -0.15) is 4.31 Å². The molecule has 158 valence electrons. The van der Waals surface area contributed by atoms with E-state index in [9.17, 15) is 13.2 Å². The number of fused-ring (bicyclic) bond motifs is 1. The molecule has 0 bridgehead atoms. The zero-order valence-corrected chi connectivity index (χ0v) is 17.9. The molecule has 0 saturated carbocycles. The predicted molar refractivity (Wildman–Crippen MR) is 118 cm³/mol. The smallest absolute Gasteiger partial charge is 0.243 e. The van der Waals surface area contributed by atoms with E-state index >= 15 is 0 Å². The minimum atomic E-state index is -3.47. The van der Waals surface area contributed by atoms with Crippen LogP contribution in [0.4, 0.5) is 0 Å². The second-order valence-corrected chi connectivity index (χ2v) is 9.77. The number of hydrogen-bond acceptors (Lipinski definition) is 3. The Balaban J connectivity index is 1.49. The van der Waals surface area contributed by atoms with Gasteiger partial charge in [0, 0.05) is 30.2 Å². The Morgan fingerprint density at radius 3 is 2.50 bits per heavy atom. The Labute approximate surface area is 177 Å². The van der Waals surface area contributed by atoms with Crippen LogP contribution in [-0.2, 0) is 21.4 Å². The number of carbonyl (C=O) groups is 1. The van der Waals surface area contributed by atoms with E-state index in [1.54, 1.807) is 22.5 Å². The van der Waals surface area contributed by atoms with Crippen LogP contribution < -0.4 is 5.32 Å². The second kappa shape index (κ2) is 8.62. The van der Waals surface area contributed by atoms with Crippen molar-refractivity contribution < 1.29 is 13.2 Å². The minimum Gasteiger partial charge on any atom is -0.348 e. The molecular weight excluding hydrogens is 398 g/mol. The van der Waals surface area contributed by atoms with E-state index in [4.69, 9.17) is 0 Å². The van der Waals surface area contributed by atoms with E-state index in [1.807, 2.05) is 54.1 Å². The van der Waals surface area contributed by atoms with Crippen LogP contribution in [-0.4, -0.2) is 36.3 Å². The lowest BCUT2D eigenvalue weighted by Gasteiger charge is -2.25. The molecule has 30 heavy (non-hydrogen) atoms. The molecule has 7 heteroatoms. The van der Waals surface area contributed by atoms with E-state index in [-0.39, 0.29) is 18.5 Å². The van der Waals surface area contributed by atoms with Crippen molar-refractivity contribution in [2.45, 2.75) is 43.7 Å². The molecule has 0 aliphatic carbocycles. The van der Waals surface area contributed by atoms with Gasteiger partial charge in [0.2, 0.25) is 15.9 Å². The summed E-state index contributed by atoms with van der Waals surface area (Å²) in [7, 11) is -3.47. The van der Waals surface area contributed by atoms with Gasteiger partial charge in [-0.05, 0) is 49.6 Å². The molecule has 1 unspecified atom stereocenters. The first-order valence-corrected chi connectivity index (χ1v) is 11.8. The lowest BCUT2D eigenvalue weighted by Crippen LogP contribution is -2.35. The molecular formula is C23H27N3O3S. The topological polar surface area (TPSA) is 71.4 Å². The van der Waals surface area contributed by atoms with Gasteiger partial charge in [0.25, 0.3) is 0 Å². The molecule has 3 aromatic rings. The van der Waals surface area contributed by atoms with Crippen LogP contribution >= 0.6 is 0 Å². The molecule has 1 atom stereocenters. The van der Waals surface area contributed by atoms with Crippen molar-refractivity contribution in [1.29, 1.82) is 0 Å². The molecule has 6 nitrogen and oxygen atoms in total. The Hall–Kier alpha value is -2.64. The molecule has 1 aliphatic rings. The van der Waals surface area contributed by atoms with Gasteiger partial charge in [0.1, 0.15) is 6.54 Å². The summed E-state index contributed by atoms with van der Waals surface area (Å²) < 4.78 is 29.3. The van der Waals surface area contributed by atoms with Crippen LogP contribution in [0.1, 0.15) is 37.8 Å². The number of sulfonamides is 1. The number of rotatable bonds is 6. The number of piperidine rings is 1. The van der Waals surface area contributed by atoms with Gasteiger partial charge in [-0.15, -0.1) is 0 Å². The quantitative estimate of drug-likeness (QED) is 0.655. The first-order valence-electron chi connectivity index (χ1n) is 10.4. The number of amides is 1. The summed E-state index contributed by atoms with van der Waals surface area (Å²) in [6, 6.07) is 16.7. The van der Waals surface area contributed by atoms with Gasteiger partial charge in [-0.1, -0.05) is 36.8 Å². The van der Waals surface area contributed by atoms with E-state index in [1.165, 1.54) is 0 Å². The van der Waals surface area contributed by atoms with Crippen molar-refractivity contribution in [2.24, 2.45) is 0 Å². The van der Waals surface area contributed by atoms with Crippen LogP contribution in [0, 0.1) is 0 Å². The molecule has 2 heterocycles. The summed E-state index contributed by atoms with van der Waals surface area (Å²) in [6.45, 7) is 3.31. The second-order valence-electron chi connectivity index (χ2n) is 7.83. The number of aromatic nitrogens is 1. The highest BCUT2D eigenvalue weighted by molar-refractivity contribution is 7.89. The summed E-state index contributed by atoms with van der Waals surface area (Å²) >= 11 is 0. The fourth-order valence-electron chi connectivity index (χ4n) is 4.00.